The van der Waals surface area contributed by atoms with E-state index in [1.807, 2.05) is 48.5 Å². The summed E-state index contributed by atoms with van der Waals surface area (Å²) in [5.74, 6) is 0.673. The van der Waals surface area contributed by atoms with Gasteiger partial charge < -0.3 is 15.0 Å². The van der Waals surface area contributed by atoms with E-state index in [0.29, 0.717) is 12.2 Å². The van der Waals surface area contributed by atoms with Gasteiger partial charge in [0, 0.05) is 19.6 Å². The molecule has 0 bridgehead atoms. The van der Waals surface area contributed by atoms with Gasteiger partial charge in [-0.1, -0.05) is 42.5 Å². The lowest BCUT2D eigenvalue weighted by molar-refractivity contribution is 0.0949. The van der Waals surface area contributed by atoms with E-state index in [1.54, 1.807) is 19.4 Å². The highest BCUT2D eigenvalue weighted by molar-refractivity contribution is 5.92. The number of carbonyl (C=O) groups is 1. The fraction of sp³-hybridized carbons (Fsp3) is 0.250. The third-order valence-electron chi connectivity index (χ3n) is 4.80. The van der Waals surface area contributed by atoms with Crippen LogP contribution in [-0.2, 0) is 13.0 Å². The number of nitrogens with one attached hydrogen (secondary N) is 1. The molecule has 0 atom stereocenters. The maximum Gasteiger partial charge on any atom is 0.269 e. The van der Waals surface area contributed by atoms with Crippen molar-refractivity contribution in [2.24, 2.45) is 0 Å². The Hall–Kier alpha value is -3.34. The van der Waals surface area contributed by atoms with Gasteiger partial charge in [0.15, 0.2) is 0 Å². The van der Waals surface area contributed by atoms with E-state index in [2.05, 4.69) is 34.3 Å². The summed E-state index contributed by atoms with van der Waals surface area (Å²) in [6.45, 7) is 4.35. The molecule has 0 aliphatic carbocycles. The number of ether oxygens (including phenoxy) is 1. The summed E-state index contributed by atoms with van der Waals surface area (Å²) in [5.41, 5.74) is 3.83. The second kappa shape index (κ2) is 10.3. The number of hydrogen-bond donors (Lipinski definition) is 1. The Kier molecular flexibility index (Phi) is 7.22. The number of nitrogens with zero attached hydrogens (tertiary/aromatic N) is 2. The minimum absolute atomic E-state index is 0.156. The molecule has 0 spiro atoms. The van der Waals surface area contributed by atoms with E-state index < -0.39 is 0 Å². The molecule has 5 nitrogen and oxygen atoms in total. The molecule has 150 valence electrons. The van der Waals surface area contributed by atoms with E-state index in [0.717, 1.165) is 36.5 Å². The second-order valence-electron chi connectivity index (χ2n) is 6.76. The lowest BCUT2D eigenvalue weighted by Crippen LogP contribution is -2.27. The molecule has 0 fully saturated rings. The molecule has 1 amide bonds. The van der Waals surface area contributed by atoms with Crippen molar-refractivity contribution in [2.45, 2.75) is 19.9 Å². The van der Waals surface area contributed by atoms with E-state index in [9.17, 15) is 4.79 Å². The van der Waals surface area contributed by atoms with Gasteiger partial charge in [-0.2, -0.15) is 0 Å². The summed E-state index contributed by atoms with van der Waals surface area (Å²) in [7, 11) is 1.65. The van der Waals surface area contributed by atoms with Crippen LogP contribution in [0.3, 0.4) is 0 Å². The molecule has 3 aromatic rings. The van der Waals surface area contributed by atoms with Crippen LogP contribution in [0.2, 0.25) is 0 Å². The van der Waals surface area contributed by atoms with Crippen LogP contribution in [0.1, 0.15) is 28.5 Å². The molecule has 0 saturated heterocycles. The van der Waals surface area contributed by atoms with Gasteiger partial charge in [0.25, 0.3) is 5.91 Å². The third-order valence-corrected chi connectivity index (χ3v) is 4.80. The molecule has 0 radical (unpaired) electrons. The lowest BCUT2D eigenvalue weighted by atomic mass is 10.1. The van der Waals surface area contributed by atoms with Crippen molar-refractivity contribution >= 4 is 11.6 Å². The molecule has 2 aromatic carbocycles. The number of anilines is 1. The monoisotopic (exact) mass is 389 g/mol. The van der Waals surface area contributed by atoms with Gasteiger partial charge in [-0.25, -0.2) is 4.98 Å². The topological polar surface area (TPSA) is 54.5 Å². The number of pyridine rings is 1. The Morgan fingerprint density at radius 1 is 1.00 bits per heavy atom. The first-order valence-electron chi connectivity index (χ1n) is 9.85. The standard InChI is InChI=1S/C24H27N3O2/c1-3-27(18-20-7-5-4-6-8-20)21-11-14-23(26-17-21)24(28)25-16-15-19-9-12-22(29-2)13-10-19/h4-14,17H,3,15-16,18H2,1-2H3,(H,25,28). The number of methoxy groups -OCH3 is 1. The number of hydrogen-bond acceptors (Lipinski definition) is 4. The smallest absolute Gasteiger partial charge is 0.269 e. The van der Waals surface area contributed by atoms with Gasteiger partial charge in [0.2, 0.25) is 0 Å². The fourth-order valence-corrected chi connectivity index (χ4v) is 3.10. The zero-order valence-electron chi connectivity index (χ0n) is 17.0. The van der Waals surface area contributed by atoms with Crippen LogP contribution in [0.5, 0.6) is 5.75 Å². The molecule has 1 aromatic heterocycles. The van der Waals surface area contributed by atoms with Crippen LogP contribution >= 0.6 is 0 Å². The minimum Gasteiger partial charge on any atom is -0.497 e. The fourth-order valence-electron chi connectivity index (χ4n) is 3.10. The Balaban J connectivity index is 1.53. The van der Waals surface area contributed by atoms with Crippen molar-refractivity contribution in [3.63, 3.8) is 0 Å². The highest BCUT2D eigenvalue weighted by atomic mass is 16.5. The number of benzene rings is 2. The van der Waals surface area contributed by atoms with E-state index in [4.69, 9.17) is 4.74 Å². The Morgan fingerprint density at radius 2 is 1.76 bits per heavy atom. The van der Waals surface area contributed by atoms with E-state index in [1.165, 1.54) is 5.56 Å². The first-order chi connectivity index (χ1) is 14.2. The van der Waals surface area contributed by atoms with E-state index in [-0.39, 0.29) is 5.91 Å². The largest absolute Gasteiger partial charge is 0.497 e. The molecular weight excluding hydrogens is 362 g/mol. The Morgan fingerprint density at radius 3 is 2.38 bits per heavy atom. The quantitative estimate of drug-likeness (QED) is 0.599. The average molecular weight is 389 g/mol. The summed E-state index contributed by atoms with van der Waals surface area (Å²) in [6.07, 6.45) is 2.53. The average Bonchev–Trinajstić information content (AvgIpc) is 2.78. The molecule has 5 heteroatoms. The highest BCUT2D eigenvalue weighted by Gasteiger charge is 2.10. The third kappa shape index (κ3) is 5.82. The molecule has 1 heterocycles. The molecule has 0 unspecified atom stereocenters. The number of rotatable bonds is 9. The highest BCUT2D eigenvalue weighted by Crippen LogP contribution is 2.16. The van der Waals surface area contributed by atoms with Gasteiger partial charge >= 0.3 is 0 Å². The maximum atomic E-state index is 12.4. The summed E-state index contributed by atoms with van der Waals surface area (Å²) >= 11 is 0. The van der Waals surface area contributed by atoms with Gasteiger partial charge in [-0.05, 0) is 48.7 Å². The van der Waals surface area contributed by atoms with E-state index >= 15 is 0 Å². The Bertz CT molecular complexity index is 894. The van der Waals surface area contributed by atoms with Crippen molar-refractivity contribution in [3.8, 4) is 5.75 Å². The summed E-state index contributed by atoms with van der Waals surface area (Å²) in [4.78, 5) is 19.0. The molecule has 29 heavy (non-hydrogen) atoms. The van der Waals surface area contributed by atoms with Gasteiger partial charge in [-0.3, -0.25) is 4.79 Å². The summed E-state index contributed by atoms with van der Waals surface area (Å²) < 4.78 is 5.16. The zero-order chi connectivity index (χ0) is 20.5. The predicted octanol–water partition coefficient (Wildman–Crippen LogP) is 4.09. The Labute approximate surface area is 172 Å². The van der Waals surface area contributed by atoms with Crippen molar-refractivity contribution in [3.05, 3.63) is 89.7 Å². The van der Waals surface area contributed by atoms with Crippen LogP contribution in [0.4, 0.5) is 5.69 Å². The summed E-state index contributed by atoms with van der Waals surface area (Å²) in [6, 6.07) is 21.9. The zero-order valence-corrected chi connectivity index (χ0v) is 17.0. The molecule has 1 N–H and O–H groups in total. The molecule has 3 rings (SSSR count). The van der Waals surface area contributed by atoms with Crippen molar-refractivity contribution in [1.29, 1.82) is 0 Å². The van der Waals surface area contributed by atoms with Crippen LogP contribution < -0.4 is 15.0 Å². The summed E-state index contributed by atoms with van der Waals surface area (Å²) in [5, 5.41) is 2.93. The van der Waals surface area contributed by atoms with Crippen LogP contribution in [-0.4, -0.2) is 31.1 Å². The SMILES string of the molecule is CCN(Cc1ccccc1)c1ccc(C(=O)NCCc2ccc(OC)cc2)nc1. The number of aromatic nitrogens is 1. The predicted molar refractivity (Wildman–Crippen MR) is 116 cm³/mol. The van der Waals surface area contributed by atoms with Gasteiger partial charge in [0.1, 0.15) is 11.4 Å². The normalized spacial score (nSPS) is 10.4. The van der Waals surface area contributed by atoms with Crippen molar-refractivity contribution in [2.75, 3.05) is 25.1 Å². The minimum atomic E-state index is -0.156. The molecule has 0 aliphatic rings. The molecule has 0 saturated carbocycles. The second-order valence-corrected chi connectivity index (χ2v) is 6.76. The van der Waals surface area contributed by atoms with Gasteiger partial charge in [0.05, 0.1) is 19.0 Å². The van der Waals surface area contributed by atoms with Crippen LogP contribution in [0.25, 0.3) is 0 Å². The van der Waals surface area contributed by atoms with Gasteiger partial charge in [-0.15, -0.1) is 0 Å². The maximum absolute atomic E-state index is 12.4. The first-order valence-corrected chi connectivity index (χ1v) is 9.85. The molecule has 0 aliphatic heterocycles. The lowest BCUT2D eigenvalue weighted by Gasteiger charge is -2.23. The molecular formula is C24H27N3O2. The van der Waals surface area contributed by atoms with Crippen LogP contribution in [0, 0.1) is 0 Å². The van der Waals surface area contributed by atoms with Crippen LogP contribution in [0.15, 0.2) is 72.9 Å². The number of amides is 1. The number of carbonyl (C=O) groups excluding carboxylic acids is 1. The van der Waals surface area contributed by atoms with Crippen molar-refractivity contribution in [1.82, 2.24) is 10.3 Å². The van der Waals surface area contributed by atoms with Crippen molar-refractivity contribution < 1.29 is 9.53 Å². The first kappa shape index (κ1) is 20.4.